The highest BCUT2D eigenvalue weighted by Crippen LogP contribution is 2.48. The van der Waals surface area contributed by atoms with Crippen LogP contribution >= 0.6 is 15.9 Å². The SMILES string of the molecule is CC1CC2(CC=C(c3[nH]c4ncnc(N)c4c3Br)CC2)CCN1C(=O)OC(C)(C)C. The number of carbonyl (C=O) groups is 1. The third kappa shape index (κ3) is 3.94. The number of allylic oxidation sites excluding steroid dienone is 2. The van der Waals surface area contributed by atoms with Crippen LogP contribution in [-0.2, 0) is 4.74 Å². The van der Waals surface area contributed by atoms with E-state index in [0.717, 1.165) is 59.8 Å². The number of amides is 1. The molecule has 3 heterocycles. The minimum absolute atomic E-state index is 0.179. The van der Waals surface area contributed by atoms with Crippen LogP contribution in [-0.4, -0.2) is 44.1 Å². The van der Waals surface area contributed by atoms with Gasteiger partial charge in [0.25, 0.3) is 0 Å². The number of nitrogens with zero attached hydrogens (tertiary/aromatic N) is 3. The molecule has 0 radical (unpaired) electrons. The highest BCUT2D eigenvalue weighted by atomic mass is 79.9. The summed E-state index contributed by atoms with van der Waals surface area (Å²) in [4.78, 5) is 26.3. The molecule has 1 saturated heterocycles. The van der Waals surface area contributed by atoms with E-state index >= 15 is 0 Å². The monoisotopic (exact) mass is 475 g/mol. The Morgan fingerprint density at radius 2 is 2.13 bits per heavy atom. The highest BCUT2D eigenvalue weighted by molar-refractivity contribution is 9.10. The lowest BCUT2D eigenvalue weighted by Crippen LogP contribution is -2.50. The summed E-state index contributed by atoms with van der Waals surface area (Å²) in [5, 5.41) is 0.841. The van der Waals surface area contributed by atoms with Gasteiger partial charge in [0.15, 0.2) is 0 Å². The van der Waals surface area contributed by atoms with Crippen LogP contribution in [0.4, 0.5) is 10.6 Å². The van der Waals surface area contributed by atoms with E-state index in [1.807, 2.05) is 25.7 Å². The van der Waals surface area contributed by atoms with Crippen molar-refractivity contribution >= 4 is 44.4 Å². The molecular formula is C22H30BrN5O2. The standard InChI is InChI=1S/C22H30BrN5O2/c1-13-11-22(9-10-28(13)20(29)30-21(2,3)4)7-5-14(6-8-22)17-16(23)15-18(24)25-12-26-19(15)27-17/h5,12-13H,6-11H2,1-4H3,(H3,24,25,26,27). The second-order valence-corrected chi connectivity index (χ2v) is 10.5. The normalized spacial score (nSPS) is 24.9. The first-order valence-corrected chi connectivity index (χ1v) is 11.3. The topological polar surface area (TPSA) is 97.1 Å². The predicted octanol–water partition coefficient (Wildman–Crippen LogP) is 5.28. The van der Waals surface area contributed by atoms with Crippen molar-refractivity contribution in [1.82, 2.24) is 19.9 Å². The fraction of sp³-hybridized carbons (Fsp3) is 0.591. The van der Waals surface area contributed by atoms with Crippen LogP contribution in [0.5, 0.6) is 0 Å². The number of rotatable bonds is 1. The van der Waals surface area contributed by atoms with Gasteiger partial charge in [-0.05, 0) is 86.7 Å². The van der Waals surface area contributed by atoms with Gasteiger partial charge in [-0.3, -0.25) is 0 Å². The molecule has 1 aliphatic heterocycles. The molecular weight excluding hydrogens is 446 g/mol. The molecule has 2 aromatic rings. The molecule has 30 heavy (non-hydrogen) atoms. The first kappa shape index (κ1) is 21.2. The van der Waals surface area contributed by atoms with Gasteiger partial charge >= 0.3 is 6.09 Å². The zero-order chi connectivity index (χ0) is 21.7. The Bertz CT molecular complexity index is 1010. The third-order valence-electron chi connectivity index (χ3n) is 6.36. The zero-order valence-electron chi connectivity index (χ0n) is 18.1. The van der Waals surface area contributed by atoms with Crippen molar-refractivity contribution in [2.75, 3.05) is 12.3 Å². The van der Waals surface area contributed by atoms with Gasteiger partial charge < -0.3 is 20.4 Å². The number of hydrogen-bond acceptors (Lipinski definition) is 5. The van der Waals surface area contributed by atoms with Gasteiger partial charge in [-0.15, -0.1) is 0 Å². The number of anilines is 1. The maximum absolute atomic E-state index is 12.5. The summed E-state index contributed by atoms with van der Waals surface area (Å²) in [5.41, 5.74) is 8.91. The van der Waals surface area contributed by atoms with Gasteiger partial charge in [-0.25, -0.2) is 14.8 Å². The molecule has 0 aromatic carbocycles. The summed E-state index contributed by atoms with van der Waals surface area (Å²) in [6.07, 6.45) is 8.74. The van der Waals surface area contributed by atoms with Gasteiger partial charge in [0.1, 0.15) is 23.4 Å². The van der Waals surface area contributed by atoms with Crippen molar-refractivity contribution in [3.05, 3.63) is 22.6 Å². The van der Waals surface area contributed by atoms with Crippen LogP contribution < -0.4 is 5.73 Å². The maximum Gasteiger partial charge on any atom is 0.410 e. The summed E-state index contributed by atoms with van der Waals surface area (Å²) in [5.74, 6) is 0.477. The number of likely N-dealkylation sites (tertiary alicyclic amines) is 1. The first-order chi connectivity index (χ1) is 14.1. The summed E-state index contributed by atoms with van der Waals surface area (Å²) in [6.45, 7) is 8.63. The average Bonchev–Trinajstić information content (AvgIpc) is 2.99. The first-order valence-electron chi connectivity index (χ1n) is 10.6. The Labute approximate surface area is 185 Å². The zero-order valence-corrected chi connectivity index (χ0v) is 19.7. The van der Waals surface area contributed by atoms with Crippen LogP contribution in [0.1, 0.15) is 65.5 Å². The molecule has 1 spiro atoms. The Morgan fingerprint density at radius 1 is 1.37 bits per heavy atom. The molecule has 0 saturated carbocycles. The quantitative estimate of drug-likeness (QED) is 0.584. The number of aromatic nitrogens is 3. The van der Waals surface area contributed by atoms with Gasteiger partial charge in [0, 0.05) is 12.6 Å². The maximum atomic E-state index is 12.5. The molecule has 7 nitrogen and oxygen atoms in total. The van der Waals surface area contributed by atoms with Crippen molar-refractivity contribution in [3.8, 4) is 0 Å². The largest absolute Gasteiger partial charge is 0.444 e. The number of hydrogen-bond donors (Lipinski definition) is 2. The van der Waals surface area contributed by atoms with Crippen molar-refractivity contribution in [2.24, 2.45) is 5.41 Å². The minimum Gasteiger partial charge on any atom is -0.444 e. The summed E-state index contributed by atoms with van der Waals surface area (Å²) >= 11 is 3.69. The second kappa shape index (κ2) is 7.55. The van der Waals surface area contributed by atoms with Crippen molar-refractivity contribution < 1.29 is 9.53 Å². The van der Waals surface area contributed by atoms with E-state index in [0.29, 0.717) is 5.82 Å². The average molecular weight is 476 g/mol. The minimum atomic E-state index is -0.463. The van der Waals surface area contributed by atoms with Gasteiger partial charge in [-0.1, -0.05) is 6.08 Å². The number of ether oxygens (including phenoxy) is 1. The number of nitrogens with one attached hydrogen (secondary N) is 1. The van der Waals surface area contributed by atoms with E-state index in [1.165, 1.54) is 11.9 Å². The number of halogens is 1. The van der Waals surface area contributed by atoms with Crippen molar-refractivity contribution in [2.45, 2.75) is 71.4 Å². The lowest BCUT2D eigenvalue weighted by atomic mass is 9.67. The van der Waals surface area contributed by atoms with Crippen LogP contribution in [0.15, 0.2) is 16.9 Å². The van der Waals surface area contributed by atoms with E-state index in [1.54, 1.807) is 0 Å². The molecule has 1 amide bonds. The van der Waals surface area contributed by atoms with E-state index in [4.69, 9.17) is 10.5 Å². The van der Waals surface area contributed by atoms with E-state index in [-0.39, 0.29) is 17.6 Å². The van der Waals surface area contributed by atoms with Crippen LogP contribution in [0.3, 0.4) is 0 Å². The molecule has 2 unspecified atom stereocenters. The fourth-order valence-electron chi connectivity index (χ4n) is 4.82. The highest BCUT2D eigenvalue weighted by Gasteiger charge is 2.41. The van der Waals surface area contributed by atoms with Crippen LogP contribution in [0.25, 0.3) is 16.6 Å². The molecule has 162 valence electrons. The van der Waals surface area contributed by atoms with Crippen LogP contribution in [0, 0.1) is 5.41 Å². The van der Waals surface area contributed by atoms with E-state index < -0.39 is 5.60 Å². The molecule has 3 N–H and O–H groups in total. The molecule has 0 bridgehead atoms. The molecule has 1 aliphatic carbocycles. The van der Waals surface area contributed by atoms with Gasteiger partial charge in [0.05, 0.1) is 15.6 Å². The predicted molar refractivity (Wildman–Crippen MR) is 122 cm³/mol. The Balaban J connectivity index is 1.49. The number of aromatic amines is 1. The summed E-state index contributed by atoms with van der Waals surface area (Å²) in [7, 11) is 0. The Morgan fingerprint density at radius 3 is 2.73 bits per heavy atom. The molecule has 2 aliphatic rings. The number of carbonyl (C=O) groups excluding carboxylic acids is 1. The lowest BCUT2D eigenvalue weighted by Gasteiger charge is -2.47. The molecule has 2 atom stereocenters. The Kier molecular flexibility index (Phi) is 5.33. The smallest absolute Gasteiger partial charge is 0.410 e. The number of H-pyrrole nitrogens is 1. The lowest BCUT2D eigenvalue weighted by molar-refractivity contribution is -0.00678. The van der Waals surface area contributed by atoms with E-state index in [9.17, 15) is 4.79 Å². The summed E-state index contributed by atoms with van der Waals surface area (Å²) < 4.78 is 6.53. The molecule has 1 fully saturated rings. The van der Waals surface area contributed by atoms with Gasteiger partial charge in [-0.2, -0.15) is 0 Å². The fourth-order valence-corrected chi connectivity index (χ4v) is 5.57. The summed E-state index contributed by atoms with van der Waals surface area (Å²) in [6, 6.07) is 0.179. The van der Waals surface area contributed by atoms with E-state index in [2.05, 4.69) is 43.9 Å². The molecule has 4 rings (SSSR count). The second-order valence-electron chi connectivity index (χ2n) is 9.71. The number of fused-ring (bicyclic) bond motifs is 1. The number of nitrogens with two attached hydrogens (primary N) is 1. The number of nitrogen functional groups attached to an aromatic ring is 1. The van der Waals surface area contributed by atoms with Crippen molar-refractivity contribution in [1.29, 1.82) is 0 Å². The van der Waals surface area contributed by atoms with Crippen molar-refractivity contribution in [3.63, 3.8) is 0 Å². The van der Waals surface area contributed by atoms with Crippen LogP contribution in [0.2, 0.25) is 0 Å². The molecule has 2 aromatic heterocycles. The third-order valence-corrected chi connectivity index (χ3v) is 7.15. The Hall–Kier alpha value is -2.09. The molecule has 8 heteroatoms. The number of piperidine rings is 1. The van der Waals surface area contributed by atoms with Gasteiger partial charge in [0.2, 0.25) is 0 Å².